The first kappa shape index (κ1) is 26.0. The third-order valence-electron chi connectivity index (χ3n) is 9.90. The number of carboxylic acid groups (broad SMARTS) is 1. The first-order chi connectivity index (χ1) is 20.0. The van der Waals surface area contributed by atoms with Gasteiger partial charge in [-0.05, 0) is 57.1 Å². The van der Waals surface area contributed by atoms with E-state index in [-0.39, 0.29) is 17.9 Å². The van der Waals surface area contributed by atoms with E-state index in [4.69, 9.17) is 9.97 Å². The first-order valence-corrected chi connectivity index (χ1v) is 14.9. The zero-order chi connectivity index (χ0) is 28.1. The van der Waals surface area contributed by atoms with Crippen molar-refractivity contribution in [2.45, 2.75) is 62.6 Å². The van der Waals surface area contributed by atoms with Gasteiger partial charge < -0.3 is 24.7 Å². The summed E-state index contributed by atoms with van der Waals surface area (Å²) < 4.78 is 0. The summed E-state index contributed by atoms with van der Waals surface area (Å²) in [7, 11) is 2.23. The fourth-order valence-corrected chi connectivity index (χ4v) is 7.61. The summed E-state index contributed by atoms with van der Waals surface area (Å²) in [6.07, 6.45) is 4.65. The molecule has 0 radical (unpaired) electrons. The van der Waals surface area contributed by atoms with Gasteiger partial charge in [0.15, 0.2) is 0 Å². The van der Waals surface area contributed by atoms with Crippen molar-refractivity contribution in [3.05, 3.63) is 59.5 Å². The predicted octanol–water partition coefficient (Wildman–Crippen LogP) is 4.40. The number of likely N-dealkylation sites (N-methyl/N-ethyl adjacent to an activating group) is 1. The van der Waals surface area contributed by atoms with Gasteiger partial charge in [-0.2, -0.15) is 5.26 Å². The van der Waals surface area contributed by atoms with Crippen LogP contribution in [-0.4, -0.2) is 82.8 Å². The Kier molecular flexibility index (Phi) is 6.46. The Morgan fingerprint density at radius 2 is 1.90 bits per heavy atom. The van der Waals surface area contributed by atoms with E-state index in [0.29, 0.717) is 25.7 Å². The van der Waals surface area contributed by atoms with E-state index in [2.05, 4.69) is 70.3 Å². The molecule has 4 aliphatic rings. The summed E-state index contributed by atoms with van der Waals surface area (Å²) in [4.78, 5) is 31.3. The van der Waals surface area contributed by atoms with Crippen molar-refractivity contribution in [1.82, 2.24) is 19.8 Å². The molecule has 0 bridgehead atoms. The van der Waals surface area contributed by atoms with Gasteiger partial charge in [0.2, 0.25) is 0 Å². The predicted molar refractivity (Wildman–Crippen MR) is 158 cm³/mol. The van der Waals surface area contributed by atoms with Crippen LogP contribution in [0, 0.1) is 11.3 Å². The summed E-state index contributed by atoms with van der Waals surface area (Å²) in [5.41, 5.74) is 3.50. The standard InChI is InChI=1S/C32H37N7O2/c1-36-16-5-10-28(36)32(13-14-32)30-34-26-21-37(27-9-4-7-22-6-2-3-8-24(22)27)17-12-25(26)29(35-30)38-18-19-39(31(40)41)23(20-38)11-15-33/h2-4,6-9,23,28H,5,10-14,16-21H2,1H3,(H,40,41)/t23-,28-/m0/s1. The highest BCUT2D eigenvalue weighted by atomic mass is 16.4. The SMILES string of the molecule is CN1CCC[C@H]1C1(c2nc3c(c(N4CCN(C(=O)O)[C@@H](CC#N)C4)n2)CCN(c2cccc4ccccc24)C3)CC1. The van der Waals surface area contributed by atoms with Crippen LogP contribution in [0.15, 0.2) is 42.5 Å². The van der Waals surface area contributed by atoms with Crippen LogP contribution in [0.3, 0.4) is 0 Å². The van der Waals surface area contributed by atoms with E-state index in [0.717, 1.165) is 56.2 Å². The number of rotatable bonds is 5. The first-order valence-electron chi connectivity index (χ1n) is 14.9. The number of aromatic nitrogens is 2. The highest BCUT2D eigenvalue weighted by Crippen LogP contribution is 2.54. The lowest BCUT2D eigenvalue weighted by Crippen LogP contribution is -2.55. The fraction of sp³-hybridized carbons (Fsp3) is 0.500. The highest BCUT2D eigenvalue weighted by Gasteiger charge is 2.56. The minimum atomic E-state index is -0.956. The number of amides is 1. The lowest BCUT2D eigenvalue weighted by Gasteiger charge is -2.41. The molecule has 1 amide bonds. The molecule has 3 fully saturated rings. The van der Waals surface area contributed by atoms with Gasteiger partial charge in [0, 0.05) is 54.3 Å². The number of carbonyl (C=O) groups is 1. The lowest BCUT2D eigenvalue weighted by molar-refractivity contribution is 0.119. The van der Waals surface area contributed by atoms with Crippen molar-refractivity contribution >= 4 is 28.4 Å². The third kappa shape index (κ3) is 4.45. The number of benzene rings is 2. The molecule has 0 unspecified atom stereocenters. The smallest absolute Gasteiger partial charge is 0.407 e. The molecule has 41 heavy (non-hydrogen) atoms. The van der Waals surface area contributed by atoms with Gasteiger partial charge in [-0.15, -0.1) is 0 Å². The molecule has 1 N–H and O–H groups in total. The van der Waals surface area contributed by atoms with E-state index in [9.17, 15) is 15.2 Å². The maximum Gasteiger partial charge on any atom is 0.407 e. The van der Waals surface area contributed by atoms with E-state index in [1.54, 1.807) is 0 Å². The van der Waals surface area contributed by atoms with Crippen LogP contribution in [0.25, 0.3) is 10.8 Å². The van der Waals surface area contributed by atoms with E-state index >= 15 is 0 Å². The van der Waals surface area contributed by atoms with Gasteiger partial charge in [-0.1, -0.05) is 36.4 Å². The Hall–Kier alpha value is -3.90. The molecule has 9 nitrogen and oxygen atoms in total. The van der Waals surface area contributed by atoms with Gasteiger partial charge in [0.05, 0.1) is 30.8 Å². The molecule has 2 saturated heterocycles. The maximum absolute atomic E-state index is 11.9. The Labute approximate surface area is 241 Å². The second kappa shape index (κ2) is 10.2. The molecule has 2 aromatic carbocycles. The van der Waals surface area contributed by atoms with Crippen molar-refractivity contribution < 1.29 is 9.90 Å². The largest absolute Gasteiger partial charge is 0.465 e. The van der Waals surface area contributed by atoms with Crippen molar-refractivity contribution in [3.63, 3.8) is 0 Å². The summed E-state index contributed by atoms with van der Waals surface area (Å²) in [5.74, 6) is 1.92. The Morgan fingerprint density at radius 1 is 1.07 bits per heavy atom. The van der Waals surface area contributed by atoms with Gasteiger partial charge >= 0.3 is 6.09 Å². The molecule has 7 rings (SSSR count). The van der Waals surface area contributed by atoms with Crippen LogP contribution in [-0.2, 0) is 18.4 Å². The van der Waals surface area contributed by atoms with Crippen LogP contribution in [0.2, 0.25) is 0 Å². The lowest BCUT2D eigenvalue weighted by atomic mass is 9.92. The molecule has 212 valence electrons. The Morgan fingerprint density at radius 3 is 2.66 bits per heavy atom. The summed E-state index contributed by atoms with van der Waals surface area (Å²) in [6, 6.07) is 17.4. The van der Waals surface area contributed by atoms with Gasteiger partial charge in [-0.3, -0.25) is 0 Å². The average Bonchev–Trinajstić information content (AvgIpc) is 3.68. The monoisotopic (exact) mass is 551 g/mol. The number of anilines is 2. The molecule has 4 heterocycles. The second-order valence-corrected chi connectivity index (χ2v) is 12.2. The summed E-state index contributed by atoms with van der Waals surface area (Å²) >= 11 is 0. The number of hydrogen-bond donors (Lipinski definition) is 1. The maximum atomic E-state index is 11.9. The molecular formula is C32H37N7O2. The molecule has 3 aromatic rings. The zero-order valence-corrected chi connectivity index (χ0v) is 23.7. The number of hydrogen-bond acceptors (Lipinski definition) is 7. The molecule has 1 saturated carbocycles. The van der Waals surface area contributed by atoms with E-state index < -0.39 is 6.09 Å². The minimum absolute atomic E-state index is 0.00824. The number of likely N-dealkylation sites (tertiary alicyclic amines) is 1. The number of piperazine rings is 1. The second-order valence-electron chi connectivity index (χ2n) is 12.2. The van der Waals surface area contributed by atoms with Crippen LogP contribution < -0.4 is 9.80 Å². The van der Waals surface area contributed by atoms with Gasteiger partial charge in [0.1, 0.15) is 11.6 Å². The van der Waals surface area contributed by atoms with Crippen molar-refractivity contribution in [2.24, 2.45) is 0 Å². The van der Waals surface area contributed by atoms with E-state index in [1.165, 1.54) is 39.8 Å². The van der Waals surface area contributed by atoms with Crippen LogP contribution >= 0.6 is 0 Å². The van der Waals surface area contributed by atoms with Crippen LogP contribution in [0.1, 0.15) is 49.2 Å². The third-order valence-corrected chi connectivity index (χ3v) is 9.90. The summed E-state index contributed by atoms with van der Waals surface area (Å²) in [6.45, 7) is 4.12. The van der Waals surface area contributed by atoms with Crippen LogP contribution in [0.4, 0.5) is 16.3 Å². The summed E-state index contributed by atoms with van der Waals surface area (Å²) in [5, 5.41) is 21.7. The van der Waals surface area contributed by atoms with Crippen LogP contribution in [0.5, 0.6) is 0 Å². The van der Waals surface area contributed by atoms with Crippen molar-refractivity contribution in [2.75, 3.05) is 49.6 Å². The molecular weight excluding hydrogens is 514 g/mol. The van der Waals surface area contributed by atoms with Gasteiger partial charge in [-0.25, -0.2) is 14.8 Å². The Bertz CT molecular complexity index is 1520. The quantitative estimate of drug-likeness (QED) is 0.498. The molecule has 1 aromatic heterocycles. The molecule has 0 spiro atoms. The van der Waals surface area contributed by atoms with Gasteiger partial charge in [0.25, 0.3) is 0 Å². The number of nitrogens with zero attached hydrogens (tertiary/aromatic N) is 7. The molecule has 1 aliphatic carbocycles. The molecule has 9 heteroatoms. The number of fused-ring (bicyclic) bond motifs is 2. The van der Waals surface area contributed by atoms with Crippen molar-refractivity contribution in [3.8, 4) is 6.07 Å². The Balaban J connectivity index is 1.29. The zero-order valence-electron chi connectivity index (χ0n) is 23.7. The topological polar surface area (TPSA) is 99.8 Å². The van der Waals surface area contributed by atoms with Crippen molar-refractivity contribution in [1.29, 1.82) is 5.26 Å². The molecule has 3 aliphatic heterocycles. The molecule has 2 atom stereocenters. The minimum Gasteiger partial charge on any atom is -0.465 e. The fourth-order valence-electron chi connectivity index (χ4n) is 7.61. The normalized spacial score (nSPS) is 23.9. The average molecular weight is 552 g/mol. The number of nitriles is 1. The highest BCUT2D eigenvalue weighted by molar-refractivity contribution is 5.94. The van der Waals surface area contributed by atoms with E-state index in [1.807, 2.05) is 0 Å².